The summed E-state index contributed by atoms with van der Waals surface area (Å²) in [6.45, 7) is 6.22. The van der Waals surface area contributed by atoms with Crippen LogP contribution >= 0.6 is 11.6 Å². The van der Waals surface area contributed by atoms with Gasteiger partial charge in [0.25, 0.3) is 0 Å². The van der Waals surface area contributed by atoms with Crippen molar-refractivity contribution in [2.45, 2.75) is 18.9 Å². The maximum atomic E-state index is 13.6. The quantitative estimate of drug-likeness (QED) is 0.430. The largest absolute Gasteiger partial charge is 0.490 e. The Bertz CT molecular complexity index is 1160. The average Bonchev–Trinajstić information content (AvgIpc) is 3.38. The van der Waals surface area contributed by atoms with Crippen LogP contribution in [0.4, 0.5) is 15.9 Å². The molecule has 0 unspecified atom stereocenters. The number of anilines is 2. The van der Waals surface area contributed by atoms with Gasteiger partial charge in [-0.1, -0.05) is 11.6 Å². The lowest BCUT2D eigenvalue weighted by molar-refractivity contribution is 0.0357. The molecule has 35 heavy (non-hydrogen) atoms. The van der Waals surface area contributed by atoms with Gasteiger partial charge in [0, 0.05) is 43.2 Å². The Hall–Kier alpha value is -2.72. The Morgan fingerprint density at radius 2 is 1.97 bits per heavy atom. The molecule has 0 saturated carbocycles. The summed E-state index contributed by atoms with van der Waals surface area (Å²) >= 11 is 5.94. The van der Waals surface area contributed by atoms with E-state index in [4.69, 9.17) is 30.5 Å². The van der Waals surface area contributed by atoms with Crippen molar-refractivity contribution < 1.29 is 23.3 Å². The SMILES string of the molecule is Fc1ccc(Nc2ncnc3cc(OCCCN4CCOCC4)c(O[C@@H]4CCOC4)cc23)cc1Cl. The fourth-order valence-electron chi connectivity index (χ4n) is 4.16. The van der Waals surface area contributed by atoms with Gasteiger partial charge in [-0.2, -0.15) is 0 Å². The normalized spacial score (nSPS) is 18.6. The van der Waals surface area contributed by atoms with Gasteiger partial charge in [-0.15, -0.1) is 0 Å². The second-order valence-corrected chi connectivity index (χ2v) is 8.96. The van der Waals surface area contributed by atoms with Crippen LogP contribution in [0.15, 0.2) is 36.7 Å². The Kier molecular flexibility index (Phi) is 7.78. The third-order valence-electron chi connectivity index (χ3n) is 6.04. The highest BCUT2D eigenvalue weighted by Gasteiger charge is 2.21. The Balaban J connectivity index is 1.36. The minimum Gasteiger partial charge on any atom is -0.490 e. The number of morpholine rings is 1. The lowest BCUT2D eigenvalue weighted by atomic mass is 10.2. The Morgan fingerprint density at radius 3 is 2.77 bits per heavy atom. The van der Waals surface area contributed by atoms with Crippen LogP contribution in [0.3, 0.4) is 0 Å². The molecular formula is C25H28ClFN4O4. The van der Waals surface area contributed by atoms with Crippen LogP contribution in [-0.4, -0.2) is 73.6 Å². The number of nitrogens with one attached hydrogen (secondary N) is 1. The first-order valence-corrected chi connectivity index (χ1v) is 12.2. The summed E-state index contributed by atoms with van der Waals surface area (Å²) in [6.07, 6.45) is 3.15. The predicted molar refractivity (Wildman–Crippen MR) is 131 cm³/mol. The highest BCUT2D eigenvalue weighted by atomic mass is 35.5. The highest BCUT2D eigenvalue weighted by molar-refractivity contribution is 6.31. The summed E-state index contributed by atoms with van der Waals surface area (Å²) in [5.74, 6) is 1.34. The van der Waals surface area contributed by atoms with Crippen LogP contribution in [0.25, 0.3) is 10.9 Å². The van der Waals surface area contributed by atoms with Crippen molar-refractivity contribution >= 4 is 34.0 Å². The zero-order chi connectivity index (χ0) is 24.0. The topological polar surface area (TPSA) is 78.0 Å². The van der Waals surface area contributed by atoms with Crippen molar-refractivity contribution in [2.24, 2.45) is 0 Å². The minimum absolute atomic E-state index is 0.0337. The smallest absolute Gasteiger partial charge is 0.163 e. The third kappa shape index (κ3) is 6.10. The van der Waals surface area contributed by atoms with E-state index >= 15 is 0 Å². The first-order chi connectivity index (χ1) is 17.2. The van der Waals surface area contributed by atoms with Crippen molar-refractivity contribution in [2.75, 3.05) is 58.0 Å². The van der Waals surface area contributed by atoms with Crippen LogP contribution in [0.1, 0.15) is 12.8 Å². The molecule has 0 aliphatic carbocycles. The molecule has 2 aromatic carbocycles. The molecule has 1 aromatic heterocycles. The Morgan fingerprint density at radius 1 is 1.09 bits per heavy atom. The van der Waals surface area contributed by atoms with Gasteiger partial charge in [-0.3, -0.25) is 4.90 Å². The van der Waals surface area contributed by atoms with Crippen molar-refractivity contribution in [3.05, 3.63) is 47.5 Å². The molecule has 8 nitrogen and oxygen atoms in total. The van der Waals surface area contributed by atoms with E-state index in [0.29, 0.717) is 48.3 Å². The molecule has 1 atom stereocenters. The van der Waals surface area contributed by atoms with Gasteiger partial charge in [0.05, 0.1) is 43.6 Å². The maximum absolute atomic E-state index is 13.6. The fraction of sp³-hybridized carbons (Fsp3) is 0.440. The number of aromatic nitrogens is 2. The van der Waals surface area contributed by atoms with E-state index in [2.05, 4.69) is 20.2 Å². The molecule has 5 rings (SSSR count). The fourth-order valence-corrected chi connectivity index (χ4v) is 4.34. The van der Waals surface area contributed by atoms with Crippen LogP contribution in [0.5, 0.6) is 11.5 Å². The van der Waals surface area contributed by atoms with Gasteiger partial charge in [0.2, 0.25) is 0 Å². The summed E-state index contributed by atoms with van der Waals surface area (Å²) in [5.41, 5.74) is 1.32. The van der Waals surface area contributed by atoms with E-state index in [-0.39, 0.29) is 11.1 Å². The van der Waals surface area contributed by atoms with Crippen LogP contribution < -0.4 is 14.8 Å². The van der Waals surface area contributed by atoms with Gasteiger partial charge in [-0.05, 0) is 30.7 Å². The monoisotopic (exact) mass is 502 g/mol. The molecule has 1 N–H and O–H groups in total. The molecule has 0 amide bonds. The molecule has 10 heteroatoms. The maximum Gasteiger partial charge on any atom is 0.163 e. The first-order valence-electron chi connectivity index (χ1n) is 11.8. The molecule has 3 aromatic rings. The van der Waals surface area contributed by atoms with Crippen LogP contribution in [-0.2, 0) is 9.47 Å². The number of hydrogen-bond acceptors (Lipinski definition) is 8. The number of fused-ring (bicyclic) bond motifs is 1. The van der Waals surface area contributed by atoms with Gasteiger partial charge >= 0.3 is 0 Å². The predicted octanol–water partition coefficient (Wildman–Crippen LogP) is 4.43. The highest BCUT2D eigenvalue weighted by Crippen LogP contribution is 2.36. The summed E-state index contributed by atoms with van der Waals surface area (Å²) < 4.78 is 36.9. The van der Waals surface area contributed by atoms with E-state index in [1.807, 2.05) is 12.1 Å². The van der Waals surface area contributed by atoms with Crippen molar-refractivity contribution in [1.82, 2.24) is 14.9 Å². The van der Waals surface area contributed by atoms with E-state index in [0.717, 1.165) is 51.1 Å². The van der Waals surface area contributed by atoms with Crippen molar-refractivity contribution in [3.8, 4) is 11.5 Å². The zero-order valence-electron chi connectivity index (χ0n) is 19.3. The molecule has 0 spiro atoms. The Labute approximate surface area is 208 Å². The van der Waals surface area contributed by atoms with Crippen LogP contribution in [0.2, 0.25) is 5.02 Å². The van der Waals surface area contributed by atoms with Gasteiger partial charge in [0.1, 0.15) is 24.1 Å². The molecule has 2 aliphatic heterocycles. The molecule has 2 saturated heterocycles. The lowest BCUT2D eigenvalue weighted by Gasteiger charge is -2.26. The van der Waals surface area contributed by atoms with Crippen LogP contribution in [0, 0.1) is 5.82 Å². The number of nitrogens with zero attached hydrogens (tertiary/aromatic N) is 3. The molecule has 0 radical (unpaired) electrons. The minimum atomic E-state index is -0.477. The van der Waals surface area contributed by atoms with E-state index < -0.39 is 5.82 Å². The average molecular weight is 503 g/mol. The number of hydrogen-bond donors (Lipinski definition) is 1. The van der Waals surface area contributed by atoms with Gasteiger partial charge < -0.3 is 24.3 Å². The second kappa shape index (κ2) is 11.3. The summed E-state index contributed by atoms with van der Waals surface area (Å²) in [7, 11) is 0. The lowest BCUT2D eigenvalue weighted by Crippen LogP contribution is -2.37. The number of halogens is 2. The number of rotatable bonds is 9. The molecule has 2 fully saturated rings. The number of ether oxygens (including phenoxy) is 4. The summed E-state index contributed by atoms with van der Waals surface area (Å²) in [4.78, 5) is 11.2. The van der Waals surface area contributed by atoms with Crippen molar-refractivity contribution in [3.63, 3.8) is 0 Å². The molecule has 2 aliphatic rings. The standard InChI is InChI=1S/C25H28ClFN4O4/c26-20-12-17(2-3-21(20)27)30-25-19-13-24(35-18-4-9-33-15-18)23(14-22(19)28-16-29-25)34-8-1-5-31-6-10-32-11-7-31/h2-3,12-14,16,18H,1,4-11,15H2,(H,28,29,30)/t18-/m1/s1. The first kappa shape index (κ1) is 24.0. The van der Waals surface area contributed by atoms with Gasteiger partial charge in [-0.25, -0.2) is 14.4 Å². The van der Waals surface area contributed by atoms with Gasteiger partial charge in [0.15, 0.2) is 11.5 Å². The van der Waals surface area contributed by atoms with E-state index in [9.17, 15) is 4.39 Å². The molecular weight excluding hydrogens is 475 g/mol. The van der Waals surface area contributed by atoms with Crippen molar-refractivity contribution in [1.29, 1.82) is 0 Å². The molecule has 0 bridgehead atoms. The number of benzene rings is 2. The second-order valence-electron chi connectivity index (χ2n) is 8.55. The molecule has 186 valence electrons. The zero-order valence-corrected chi connectivity index (χ0v) is 20.1. The van der Waals surface area contributed by atoms with E-state index in [1.165, 1.54) is 18.5 Å². The molecule has 3 heterocycles. The third-order valence-corrected chi connectivity index (χ3v) is 6.33. The summed E-state index contributed by atoms with van der Waals surface area (Å²) in [6, 6.07) is 8.20. The van der Waals surface area contributed by atoms with E-state index in [1.54, 1.807) is 6.07 Å². The summed E-state index contributed by atoms with van der Waals surface area (Å²) in [5, 5.41) is 3.99.